The molecular formula is C20H24N6O2. The highest BCUT2D eigenvalue weighted by atomic mass is 16.3. The minimum absolute atomic E-state index is 0.0752. The summed E-state index contributed by atoms with van der Waals surface area (Å²) in [4.78, 5) is 30.7. The van der Waals surface area contributed by atoms with E-state index >= 15 is 0 Å². The van der Waals surface area contributed by atoms with Crippen LogP contribution in [0.5, 0.6) is 0 Å². The van der Waals surface area contributed by atoms with E-state index in [1.165, 1.54) is 0 Å². The van der Waals surface area contributed by atoms with Crippen LogP contribution in [0.3, 0.4) is 0 Å². The number of hydrogen-bond acceptors (Lipinski definition) is 7. The van der Waals surface area contributed by atoms with Crippen LogP contribution in [0.15, 0.2) is 41.5 Å². The van der Waals surface area contributed by atoms with Crippen molar-refractivity contribution in [1.29, 1.82) is 0 Å². The molecule has 1 N–H and O–H groups in total. The van der Waals surface area contributed by atoms with E-state index in [4.69, 9.17) is 4.98 Å². The van der Waals surface area contributed by atoms with Crippen LogP contribution >= 0.6 is 0 Å². The Morgan fingerprint density at radius 1 is 1.25 bits per heavy atom. The van der Waals surface area contributed by atoms with Crippen LogP contribution in [0.4, 0.5) is 11.6 Å². The van der Waals surface area contributed by atoms with Crippen LogP contribution in [-0.4, -0.2) is 51.9 Å². The standard InChI is InChI=1S/C20H24N6O2/c1-24(2)17-12-18(22-13-21-17)25-9-5-8-16(25)19-23-15-7-4-3-6-14(15)20(28)26(19)10-11-27/h3-4,6-7,12-13,16,27H,5,8-11H2,1-2H3. The second kappa shape index (κ2) is 7.55. The summed E-state index contributed by atoms with van der Waals surface area (Å²) in [7, 11) is 3.88. The van der Waals surface area contributed by atoms with Crippen molar-refractivity contribution in [2.24, 2.45) is 0 Å². The highest BCUT2D eigenvalue weighted by molar-refractivity contribution is 5.77. The molecule has 0 radical (unpaired) electrons. The zero-order valence-electron chi connectivity index (χ0n) is 16.1. The molecule has 0 bridgehead atoms. The molecule has 0 spiro atoms. The summed E-state index contributed by atoms with van der Waals surface area (Å²) in [6.45, 7) is 0.942. The molecular weight excluding hydrogens is 356 g/mol. The van der Waals surface area contributed by atoms with Crippen molar-refractivity contribution in [1.82, 2.24) is 19.5 Å². The highest BCUT2D eigenvalue weighted by Crippen LogP contribution is 2.35. The topological polar surface area (TPSA) is 87.4 Å². The van der Waals surface area contributed by atoms with Gasteiger partial charge in [0.15, 0.2) is 0 Å². The van der Waals surface area contributed by atoms with E-state index in [9.17, 15) is 9.90 Å². The van der Waals surface area contributed by atoms with E-state index < -0.39 is 0 Å². The number of fused-ring (bicyclic) bond motifs is 1. The van der Waals surface area contributed by atoms with Crippen LogP contribution in [0.1, 0.15) is 24.7 Å². The van der Waals surface area contributed by atoms with Crippen LogP contribution in [0, 0.1) is 0 Å². The number of aliphatic hydroxyl groups is 1. The van der Waals surface area contributed by atoms with Crippen molar-refractivity contribution in [2.45, 2.75) is 25.4 Å². The van der Waals surface area contributed by atoms with Gasteiger partial charge in [-0.1, -0.05) is 12.1 Å². The third kappa shape index (κ3) is 3.20. The van der Waals surface area contributed by atoms with Crippen LogP contribution in [-0.2, 0) is 6.54 Å². The number of hydrogen-bond donors (Lipinski definition) is 1. The molecule has 1 fully saturated rings. The molecule has 0 aliphatic carbocycles. The first-order chi connectivity index (χ1) is 13.6. The van der Waals surface area contributed by atoms with Gasteiger partial charge in [-0.05, 0) is 25.0 Å². The lowest BCUT2D eigenvalue weighted by molar-refractivity contribution is 0.270. The Balaban J connectivity index is 1.83. The molecule has 1 saturated heterocycles. The van der Waals surface area contributed by atoms with Crippen molar-refractivity contribution in [3.63, 3.8) is 0 Å². The lowest BCUT2D eigenvalue weighted by atomic mass is 10.1. The zero-order chi connectivity index (χ0) is 19.7. The van der Waals surface area contributed by atoms with Gasteiger partial charge < -0.3 is 14.9 Å². The largest absolute Gasteiger partial charge is 0.395 e. The Labute approximate surface area is 163 Å². The molecule has 0 saturated carbocycles. The summed E-state index contributed by atoms with van der Waals surface area (Å²) in [6, 6.07) is 9.23. The quantitative estimate of drug-likeness (QED) is 0.719. The molecule has 2 aromatic heterocycles. The van der Waals surface area contributed by atoms with E-state index in [2.05, 4.69) is 14.9 Å². The summed E-state index contributed by atoms with van der Waals surface area (Å²) >= 11 is 0. The first-order valence-corrected chi connectivity index (χ1v) is 9.46. The Morgan fingerprint density at radius 3 is 2.86 bits per heavy atom. The van der Waals surface area contributed by atoms with Gasteiger partial charge in [-0.2, -0.15) is 0 Å². The zero-order valence-corrected chi connectivity index (χ0v) is 16.1. The van der Waals surface area contributed by atoms with Crippen molar-refractivity contribution in [2.75, 3.05) is 37.0 Å². The summed E-state index contributed by atoms with van der Waals surface area (Å²) in [6.07, 6.45) is 3.42. The molecule has 1 aliphatic heterocycles. The van der Waals surface area contributed by atoms with Crippen molar-refractivity contribution in [3.8, 4) is 0 Å². The van der Waals surface area contributed by atoms with Gasteiger partial charge in [0.25, 0.3) is 5.56 Å². The minimum atomic E-state index is -0.113. The summed E-state index contributed by atoms with van der Waals surface area (Å²) in [5.41, 5.74) is 0.568. The maximum Gasteiger partial charge on any atom is 0.261 e. The normalized spacial score (nSPS) is 16.7. The second-order valence-corrected chi connectivity index (χ2v) is 7.15. The third-order valence-electron chi connectivity index (χ3n) is 5.16. The molecule has 3 aromatic rings. The van der Waals surface area contributed by atoms with E-state index in [0.717, 1.165) is 31.0 Å². The predicted molar refractivity (Wildman–Crippen MR) is 109 cm³/mol. The Bertz CT molecular complexity index is 1050. The van der Waals surface area contributed by atoms with E-state index in [-0.39, 0.29) is 24.8 Å². The predicted octanol–water partition coefficient (Wildman–Crippen LogP) is 1.59. The van der Waals surface area contributed by atoms with Crippen LogP contribution < -0.4 is 15.4 Å². The first kappa shape index (κ1) is 18.4. The average Bonchev–Trinajstić information content (AvgIpc) is 3.20. The van der Waals surface area contributed by atoms with Gasteiger partial charge in [-0.25, -0.2) is 15.0 Å². The van der Waals surface area contributed by atoms with Gasteiger partial charge in [0.1, 0.15) is 23.8 Å². The Hall–Kier alpha value is -3.00. The lowest BCUT2D eigenvalue weighted by Crippen LogP contribution is -2.33. The number of aliphatic hydroxyl groups excluding tert-OH is 1. The summed E-state index contributed by atoms with van der Waals surface area (Å²) < 4.78 is 1.61. The molecule has 1 atom stereocenters. The van der Waals surface area contributed by atoms with E-state index in [0.29, 0.717) is 16.7 Å². The molecule has 1 aromatic carbocycles. The van der Waals surface area contributed by atoms with Crippen molar-refractivity contribution < 1.29 is 5.11 Å². The van der Waals surface area contributed by atoms with Crippen LogP contribution in [0.2, 0.25) is 0 Å². The fourth-order valence-corrected chi connectivity index (χ4v) is 3.80. The Morgan fingerprint density at radius 2 is 2.07 bits per heavy atom. The maximum atomic E-state index is 13.0. The molecule has 3 heterocycles. The number of nitrogens with zero attached hydrogens (tertiary/aromatic N) is 6. The fourth-order valence-electron chi connectivity index (χ4n) is 3.80. The maximum absolute atomic E-state index is 13.0. The van der Waals surface area contributed by atoms with E-state index in [1.807, 2.05) is 43.3 Å². The minimum Gasteiger partial charge on any atom is -0.395 e. The molecule has 1 aliphatic rings. The Kier molecular flexibility index (Phi) is 4.95. The van der Waals surface area contributed by atoms with Gasteiger partial charge in [0.2, 0.25) is 0 Å². The molecule has 146 valence electrons. The number of aromatic nitrogens is 4. The van der Waals surface area contributed by atoms with Gasteiger partial charge in [-0.15, -0.1) is 0 Å². The molecule has 28 heavy (non-hydrogen) atoms. The van der Waals surface area contributed by atoms with Gasteiger partial charge >= 0.3 is 0 Å². The summed E-state index contributed by atoms with van der Waals surface area (Å²) in [5, 5.41) is 10.1. The average molecular weight is 380 g/mol. The molecule has 0 amide bonds. The molecule has 4 rings (SSSR count). The van der Waals surface area contributed by atoms with Crippen molar-refractivity contribution >= 4 is 22.5 Å². The number of rotatable bonds is 5. The van der Waals surface area contributed by atoms with Gasteiger partial charge in [0.05, 0.1) is 30.1 Å². The summed E-state index contributed by atoms with van der Waals surface area (Å²) in [5.74, 6) is 2.33. The van der Waals surface area contributed by atoms with Crippen molar-refractivity contribution in [3.05, 3.63) is 52.8 Å². The number of benzene rings is 1. The van der Waals surface area contributed by atoms with E-state index in [1.54, 1.807) is 17.0 Å². The molecule has 8 heteroatoms. The van der Waals surface area contributed by atoms with Gasteiger partial charge in [-0.3, -0.25) is 9.36 Å². The smallest absolute Gasteiger partial charge is 0.261 e. The van der Waals surface area contributed by atoms with Crippen LogP contribution in [0.25, 0.3) is 10.9 Å². The van der Waals surface area contributed by atoms with Gasteiger partial charge in [0, 0.05) is 26.7 Å². The monoisotopic (exact) mass is 380 g/mol. The molecule has 1 unspecified atom stereocenters. The highest BCUT2D eigenvalue weighted by Gasteiger charge is 2.31. The second-order valence-electron chi connectivity index (χ2n) is 7.15. The first-order valence-electron chi connectivity index (χ1n) is 9.46. The third-order valence-corrected chi connectivity index (χ3v) is 5.16. The lowest BCUT2D eigenvalue weighted by Gasteiger charge is -2.28. The fraction of sp³-hybridized carbons (Fsp3) is 0.400. The molecule has 8 nitrogen and oxygen atoms in total. The number of para-hydroxylation sites is 1. The number of anilines is 2. The SMILES string of the molecule is CN(C)c1cc(N2CCCC2c2nc3ccccc3c(=O)n2CCO)ncn1.